The number of nitrogens with two attached hydrogens (primary N) is 1. The van der Waals surface area contributed by atoms with Crippen molar-refractivity contribution in [1.82, 2.24) is 19.9 Å². The van der Waals surface area contributed by atoms with Crippen LogP contribution >= 0.6 is 0 Å². The van der Waals surface area contributed by atoms with Crippen LogP contribution < -0.4 is 11.1 Å². The van der Waals surface area contributed by atoms with Crippen molar-refractivity contribution in [3.8, 4) is 17.3 Å². The summed E-state index contributed by atoms with van der Waals surface area (Å²) in [7, 11) is 0. The third kappa shape index (κ3) is 4.49. The first-order valence-electron chi connectivity index (χ1n) is 10.4. The van der Waals surface area contributed by atoms with Gasteiger partial charge in [-0.15, -0.1) is 0 Å². The Labute approximate surface area is 191 Å². The highest BCUT2D eigenvalue weighted by atomic mass is 19.4. The van der Waals surface area contributed by atoms with E-state index in [4.69, 9.17) is 10.5 Å². The highest BCUT2D eigenvalue weighted by molar-refractivity contribution is 5.89. The van der Waals surface area contributed by atoms with E-state index in [0.717, 1.165) is 4.90 Å². The molecule has 0 spiro atoms. The second-order valence-corrected chi connectivity index (χ2v) is 8.04. The molecule has 2 aromatic rings. The normalized spacial score (nSPS) is 19.2. The van der Waals surface area contributed by atoms with Crippen LogP contribution in [0.1, 0.15) is 24.2 Å². The molecule has 3 N–H and O–H groups in total. The highest BCUT2D eigenvalue weighted by Crippen LogP contribution is 2.46. The second kappa shape index (κ2) is 8.86. The molecule has 2 fully saturated rings. The number of amides is 2. The molecule has 2 amide bonds. The topological polar surface area (TPSA) is 147 Å². The van der Waals surface area contributed by atoms with Gasteiger partial charge in [0.25, 0.3) is 0 Å². The van der Waals surface area contributed by atoms with E-state index in [2.05, 4.69) is 20.3 Å². The molecule has 0 bridgehead atoms. The molecule has 34 heavy (non-hydrogen) atoms. The Morgan fingerprint density at radius 3 is 2.62 bits per heavy atom. The first kappa shape index (κ1) is 23.4. The Bertz CT molecular complexity index is 1140. The third-order valence-electron chi connectivity index (χ3n) is 5.91. The molecule has 1 aliphatic carbocycles. The van der Waals surface area contributed by atoms with Crippen LogP contribution in [0.5, 0.6) is 0 Å². The lowest BCUT2D eigenvalue weighted by molar-refractivity contribution is -0.212. The van der Waals surface area contributed by atoms with Crippen LogP contribution in [0.15, 0.2) is 24.7 Å². The van der Waals surface area contributed by atoms with Gasteiger partial charge in [0, 0.05) is 18.3 Å². The Hall–Kier alpha value is -3.79. The van der Waals surface area contributed by atoms with Crippen molar-refractivity contribution in [2.24, 2.45) is 5.73 Å². The van der Waals surface area contributed by atoms with Gasteiger partial charge in [-0.2, -0.15) is 18.4 Å². The number of hydrogen-bond acceptors (Lipinski definition) is 8. The molecule has 0 aromatic carbocycles. The number of nitrogens with zero attached hydrogens (tertiary/aromatic N) is 5. The van der Waals surface area contributed by atoms with E-state index in [1.54, 1.807) is 0 Å². The number of pyridine rings is 1. The van der Waals surface area contributed by atoms with Crippen molar-refractivity contribution in [2.75, 3.05) is 31.6 Å². The van der Waals surface area contributed by atoms with Crippen molar-refractivity contribution >= 4 is 17.5 Å². The molecule has 1 saturated carbocycles. The van der Waals surface area contributed by atoms with E-state index < -0.39 is 42.6 Å². The zero-order valence-corrected chi connectivity index (χ0v) is 17.8. The number of hydrogen-bond donors (Lipinski definition) is 2. The summed E-state index contributed by atoms with van der Waals surface area (Å²) in [5.74, 6) is -1.25. The fourth-order valence-electron chi connectivity index (χ4n) is 3.75. The number of nitrogens with one attached hydrogen (secondary N) is 1. The standard InChI is InChI=1S/C21H20F3N7O3/c22-21(23,24)17-11-34-4-3-31(17)18(32)10-29-13-5-12(7-27-14(13)6-25)15-8-30-16(9-28-15)20(1-2-20)19(26)33/h5,7-9,17,29H,1-4,10-11H2,(H2,26,33)/t17-/m1/s1. The Morgan fingerprint density at radius 1 is 1.26 bits per heavy atom. The van der Waals surface area contributed by atoms with E-state index in [-0.39, 0.29) is 24.5 Å². The summed E-state index contributed by atoms with van der Waals surface area (Å²) in [6.07, 6.45) is 0.881. The van der Waals surface area contributed by atoms with Crippen LogP contribution in [0.25, 0.3) is 11.3 Å². The average molecular weight is 475 g/mol. The Morgan fingerprint density at radius 2 is 2.03 bits per heavy atom. The number of ether oxygens (including phenoxy) is 1. The monoisotopic (exact) mass is 475 g/mol. The maximum Gasteiger partial charge on any atom is 0.411 e. The molecule has 1 atom stereocenters. The van der Waals surface area contributed by atoms with Gasteiger partial charge in [0.05, 0.1) is 54.6 Å². The molecule has 10 nitrogen and oxygen atoms in total. The highest BCUT2D eigenvalue weighted by Gasteiger charge is 2.51. The number of nitriles is 1. The van der Waals surface area contributed by atoms with Crippen molar-refractivity contribution in [3.63, 3.8) is 0 Å². The van der Waals surface area contributed by atoms with Gasteiger partial charge in [-0.1, -0.05) is 0 Å². The van der Waals surface area contributed by atoms with Crippen LogP contribution in [0, 0.1) is 11.3 Å². The molecule has 0 radical (unpaired) electrons. The van der Waals surface area contributed by atoms with Crippen LogP contribution in [0.4, 0.5) is 18.9 Å². The fraction of sp³-hybridized carbons (Fsp3) is 0.429. The maximum absolute atomic E-state index is 13.2. The number of aromatic nitrogens is 3. The summed E-state index contributed by atoms with van der Waals surface area (Å²) >= 11 is 0. The van der Waals surface area contributed by atoms with Crippen LogP contribution in [0.3, 0.4) is 0 Å². The van der Waals surface area contributed by atoms with Crippen molar-refractivity contribution < 1.29 is 27.5 Å². The zero-order chi connectivity index (χ0) is 24.5. The maximum atomic E-state index is 13.2. The number of carbonyl (C=O) groups excluding carboxylic acids is 2. The molecule has 178 valence electrons. The van der Waals surface area contributed by atoms with Gasteiger partial charge in [0.2, 0.25) is 11.8 Å². The van der Waals surface area contributed by atoms with Crippen LogP contribution in [-0.4, -0.2) is 70.2 Å². The number of morpholine rings is 1. The lowest BCUT2D eigenvalue weighted by Crippen LogP contribution is -2.56. The number of alkyl halides is 3. The minimum atomic E-state index is -4.62. The molecule has 3 heterocycles. The first-order valence-corrected chi connectivity index (χ1v) is 10.4. The van der Waals surface area contributed by atoms with Gasteiger partial charge in [0.15, 0.2) is 11.7 Å². The molecule has 2 aliphatic rings. The van der Waals surface area contributed by atoms with E-state index in [1.165, 1.54) is 24.7 Å². The SMILES string of the molecule is N#Cc1ncc(-c2cnc(C3(C(N)=O)CC3)cn2)cc1NCC(=O)N1CCOC[C@@H]1C(F)(F)F. The lowest BCUT2D eigenvalue weighted by atomic mass is 10.0. The van der Waals surface area contributed by atoms with Gasteiger partial charge in [-0.3, -0.25) is 19.6 Å². The lowest BCUT2D eigenvalue weighted by Gasteiger charge is -2.36. The fourth-order valence-corrected chi connectivity index (χ4v) is 3.75. The molecule has 1 saturated heterocycles. The minimum Gasteiger partial charge on any atom is -0.377 e. The van der Waals surface area contributed by atoms with Crippen LogP contribution in [-0.2, 0) is 19.7 Å². The molecule has 0 unspecified atom stereocenters. The second-order valence-electron chi connectivity index (χ2n) is 8.04. The Balaban J connectivity index is 1.50. The molecule has 13 heteroatoms. The van der Waals surface area contributed by atoms with Gasteiger partial charge in [0.1, 0.15) is 6.07 Å². The van der Waals surface area contributed by atoms with Gasteiger partial charge in [-0.05, 0) is 18.9 Å². The number of carbonyl (C=O) groups is 2. The predicted octanol–water partition coefficient (Wildman–Crippen LogP) is 1.13. The van der Waals surface area contributed by atoms with E-state index in [9.17, 15) is 28.0 Å². The molecular weight excluding hydrogens is 455 g/mol. The average Bonchev–Trinajstić information content (AvgIpc) is 3.64. The molecule has 2 aromatic heterocycles. The van der Waals surface area contributed by atoms with Crippen molar-refractivity contribution in [1.29, 1.82) is 5.26 Å². The number of primary amides is 1. The van der Waals surface area contributed by atoms with E-state index >= 15 is 0 Å². The number of rotatable bonds is 6. The zero-order valence-electron chi connectivity index (χ0n) is 17.8. The molecule has 4 rings (SSSR count). The summed E-state index contributed by atoms with van der Waals surface area (Å²) in [6, 6.07) is 1.35. The van der Waals surface area contributed by atoms with E-state index in [0.29, 0.717) is 29.8 Å². The van der Waals surface area contributed by atoms with Crippen molar-refractivity contribution in [3.05, 3.63) is 36.0 Å². The van der Waals surface area contributed by atoms with Crippen molar-refractivity contribution in [2.45, 2.75) is 30.5 Å². The Kier molecular flexibility index (Phi) is 6.09. The number of halogens is 3. The first-order chi connectivity index (χ1) is 16.2. The quantitative estimate of drug-likeness (QED) is 0.632. The molecule has 1 aliphatic heterocycles. The summed E-state index contributed by atoms with van der Waals surface area (Å²) in [4.78, 5) is 37.6. The summed E-state index contributed by atoms with van der Waals surface area (Å²) < 4.78 is 44.6. The van der Waals surface area contributed by atoms with Crippen LogP contribution in [0.2, 0.25) is 0 Å². The minimum absolute atomic E-state index is 0.00447. The summed E-state index contributed by atoms with van der Waals surface area (Å²) in [5.41, 5.74) is 6.11. The molecular formula is C21H20F3N7O3. The van der Waals surface area contributed by atoms with E-state index in [1.807, 2.05) is 6.07 Å². The third-order valence-corrected chi connectivity index (χ3v) is 5.91. The van der Waals surface area contributed by atoms with Gasteiger partial charge < -0.3 is 20.7 Å². The van der Waals surface area contributed by atoms with Gasteiger partial charge in [-0.25, -0.2) is 4.98 Å². The smallest absolute Gasteiger partial charge is 0.377 e. The summed E-state index contributed by atoms with van der Waals surface area (Å²) in [5, 5.41) is 12.1. The van der Waals surface area contributed by atoms with Gasteiger partial charge >= 0.3 is 6.18 Å². The largest absolute Gasteiger partial charge is 0.411 e. The predicted molar refractivity (Wildman–Crippen MR) is 111 cm³/mol. The number of anilines is 1. The summed E-state index contributed by atoms with van der Waals surface area (Å²) in [6.45, 7) is -1.28.